The first-order valence-corrected chi connectivity index (χ1v) is 6.93. The second kappa shape index (κ2) is 7.14. The molecule has 1 aliphatic heterocycles. The fourth-order valence-corrected chi connectivity index (χ4v) is 2.32. The maximum atomic E-state index is 11.7. The van der Waals surface area contributed by atoms with Gasteiger partial charge in [-0.1, -0.05) is 12.1 Å². The molecule has 0 saturated carbocycles. The van der Waals surface area contributed by atoms with Crippen molar-refractivity contribution in [1.29, 1.82) is 0 Å². The topological polar surface area (TPSA) is 50.4 Å². The molecule has 0 bridgehead atoms. The van der Waals surface area contributed by atoms with Crippen LogP contribution in [-0.2, 0) is 4.74 Å². The van der Waals surface area contributed by atoms with E-state index in [1.54, 1.807) is 0 Å². The molecule has 1 heterocycles. The van der Waals surface area contributed by atoms with Gasteiger partial charge < -0.3 is 15.4 Å². The number of amides is 2. The molecule has 2 amide bonds. The monoisotopic (exact) mass is 262 g/mol. The Morgan fingerprint density at radius 3 is 3.11 bits per heavy atom. The van der Waals surface area contributed by atoms with Crippen molar-refractivity contribution in [1.82, 2.24) is 5.32 Å². The summed E-state index contributed by atoms with van der Waals surface area (Å²) in [5.41, 5.74) is 1.97. The van der Waals surface area contributed by atoms with Gasteiger partial charge in [-0.2, -0.15) is 0 Å². The first-order valence-electron chi connectivity index (χ1n) is 6.93. The molecule has 0 aliphatic carbocycles. The molecule has 104 valence electrons. The SMILES string of the molecule is Cc1cccc(NC(=O)NCCC2CCCOC2)c1. The molecule has 0 aromatic heterocycles. The Morgan fingerprint density at radius 1 is 1.47 bits per heavy atom. The Labute approximate surface area is 114 Å². The van der Waals surface area contributed by atoms with Crippen LogP contribution in [0.4, 0.5) is 10.5 Å². The number of hydrogen-bond donors (Lipinski definition) is 2. The normalized spacial score (nSPS) is 18.9. The number of benzene rings is 1. The minimum absolute atomic E-state index is 0.137. The Bertz CT molecular complexity index is 414. The highest BCUT2D eigenvalue weighted by molar-refractivity contribution is 5.89. The van der Waals surface area contributed by atoms with Gasteiger partial charge in [0.15, 0.2) is 0 Å². The van der Waals surface area contributed by atoms with Gasteiger partial charge in [0.1, 0.15) is 0 Å². The molecule has 1 atom stereocenters. The van der Waals surface area contributed by atoms with E-state index in [9.17, 15) is 4.79 Å². The minimum atomic E-state index is -0.137. The maximum absolute atomic E-state index is 11.7. The number of rotatable bonds is 4. The second-order valence-electron chi connectivity index (χ2n) is 5.12. The molecule has 1 fully saturated rings. The number of anilines is 1. The molecule has 4 heteroatoms. The van der Waals surface area contributed by atoms with Gasteiger partial charge in [-0.25, -0.2) is 4.79 Å². The lowest BCUT2D eigenvalue weighted by Gasteiger charge is -2.21. The summed E-state index contributed by atoms with van der Waals surface area (Å²) >= 11 is 0. The van der Waals surface area contributed by atoms with E-state index in [1.807, 2.05) is 31.2 Å². The highest BCUT2D eigenvalue weighted by atomic mass is 16.5. The first-order chi connectivity index (χ1) is 9.24. The highest BCUT2D eigenvalue weighted by Crippen LogP contribution is 2.16. The first kappa shape index (κ1) is 13.9. The zero-order valence-electron chi connectivity index (χ0n) is 11.4. The summed E-state index contributed by atoms with van der Waals surface area (Å²) in [7, 11) is 0. The molecule has 1 aromatic rings. The third kappa shape index (κ3) is 4.91. The predicted molar refractivity (Wildman–Crippen MR) is 76.4 cm³/mol. The number of nitrogens with one attached hydrogen (secondary N) is 2. The predicted octanol–water partition coefficient (Wildman–Crippen LogP) is 2.93. The molecule has 1 aromatic carbocycles. The Kier molecular flexibility index (Phi) is 5.21. The molecule has 2 N–H and O–H groups in total. The minimum Gasteiger partial charge on any atom is -0.381 e. The zero-order valence-corrected chi connectivity index (χ0v) is 11.4. The van der Waals surface area contributed by atoms with Gasteiger partial charge in [0, 0.05) is 25.4 Å². The summed E-state index contributed by atoms with van der Waals surface area (Å²) in [6.07, 6.45) is 3.34. The van der Waals surface area contributed by atoms with Gasteiger partial charge in [-0.3, -0.25) is 0 Å². The van der Waals surface area contributed by atoms with Crippen LogP contribution in [0, 0.1) is 12.8 Å². The third-order valence-electron chi connectivity index (χ3n) is 3.37. The smallest absolute Gasteiger partial charge is 0.319 e. The zero-order chi connectivity index (χ0) is 13.5. The maximum Gasteiger partial charge on any atom is 0.319 e. The van der Waals surface area contributed by atoms with Crippen molar-refractivity contribution >= 4 is 11.7 Å². The Hall–Kier alpha value is -1.55. The fourth-order valence-electron chi connectivity index (χ4n) is 2.32. The van der Waals surface area contributed by atoms with Crippen molar-refractivity contribution < 1.29 is 9.53 Å². The van der Waals surface area contributed by atoms with Crippen molar-refractivity contribution in [2.75, 3.05) is 25.1 Å². The average Bonchev–Trinajstić information content (AvgIpc) is 2.40. The van der Waals surface area contributed by atoms with Crippen molar-refractivity contribution in [3.05, 3.63) is 29.8 Å². The molecular formula is C15H22N2O2. The lowest BCUT2D eigenvalue weighted by Crippen LogP contribution is -2.31. The third-order valence-corrected chi connectivity index (χ3v) is 3.37. The molecule has 1 unspecified atom stereocenters. The summed E-state index contributed by atoms with van der Waals surface area (Å²) in [6, 6.07) is 7.65. The molecule has 1 aliphatic rings. The number of aryl methyl sites for hydroxylation is 1. The fraction of sp³-hybridized carbons (Fsp3) is 0.533. The molecule has 4 nitrogen and oxygen atoms in total. The Balaban J connectivity index is 1.67. The van der Waals surface area contributed by atoms with Crippen LogP contribution in [0.3, 0.4) is 0 Å². The summed E-state index contributed by atoms with van der Waals surface area (Å²) in [5.74, 6) is 0.591. The molecular weight excluding hydrogens is 240 g/mol. The van der Waals surface area contributed by atoms with Gasteiger partial charge in [-0.15, -0.1) is 0 Å². The van der Waals surface area contributed by atoms with Crippen molar-refractivity contribution in [3.63, 3.8) is 0 Å². The number of urea groups is 1. The van der Waals surface area contributed by atoms with Crippen LogP contribution in [-0.4, -0.2) is 25.8 Å². The van der Waals surface area contributed by atoms with Crippen LogP contribution < -0.4 is 10.6 Å². The molecule has 19 heavy (non-hydrogen) atoms. The van der Waals surface area contributed by atoms with Crippen LogP contribution in [0.5, 0.6) is 0 Å². The summed E-state index contributed by atoms with van der Waals surface area (Å²) in [4.78, 5) is 11.7. The largest absolute Gasteiger partial charge is 0.381 e. The van der Waals surface area contributed by atoms with E-state index in [2.05, 4.69) is 10.6 Å². The van der Waals surface area contributed by atoms with Gasteiger partial charge in [0.05, 0.1) is 0 Å². The standard InChI is InChI=1S/C15H22N2O2/c1-12-4-2-6-14(10-12)17-15(18)16-8-7-13-5-3-9-19-11-13/h2,4,6,10,13H,3,5,7-9,11H2,1H3,(H2,16,17,18). The van der Waals surface area contributed by atoms with Crippen molar-refractivity contribution in [3.8, 4) is 0 Å². The number of carbonyl (C=O) groups excluding carboxylic acids is 1. The van der Waals surface area contributed by atoms with E-state index in [-0.39, 0.29) is 6.03 Å². The molecule has 0 spiro atoms. The molecule has 1 saturated heterocycles. The lowest BCUT2D eigenvalue weighted by molar-refractivity contribution is 0.0520. The van der Waals surface area contributed by atoms with Gasteiger partial charge >= 0.3 is 6.03 Å². The summed E-state index contributed by atoms with van der Waals surface area (Å²) in [6.45, 7) is 4.43. The van der Waals surface area contributed by atoms with E-state index >= 15 is 0 Å². The van der Waals surface area contributed by atoms with E-state index < -0.39 is 0 Å². The second-order valence-corrected chi connectivity index (χ2v) is 5.12. The van der Waals surface area contributed by atoms with E-state index in [1.165, 1.54) is 6.42 Å². The summed E-state index contributed by atoms with van der Waals surface area (Å²) < 4.78 is 5.42. The van der Waals surface area contributed by atoms with Crippen LogP contribution >= 0.6 is 0 Å². The molecule has 0 radical (unpaired) electrons. The van der Waals surface area contributed by atoms with Crippen LogP contribution in [0.1, 0.15) is 24.8 Å². The summed E-state index contributed by atoms with van der Waals surface area (Å²) in [5, 5.41) is 5.73. The van der Waals surface area contributed by atoms with Crippen LogP contribution in [0.2, 0.25) is 0 Å². The highest BCUT2D eigenvalue weighted by Gasteiger charge is 2.13. The Morgan fingerprint density at radius 2 is 2.37 bits per heavy atom. The average molecular weight is 262 g/mol. The van der Waals surface area contributed by atoms with Crippen LogP contribution in [0.15, 0.2) is 24.3 Å². The number of hydrogen-bond acceptors (Lipinski definition) is 2. The van der Waals surface area contributed by atoms with E-state index in [4.69, 9.17) is 4.74 Å². The van der Waals surface area contributed by atoms with Gasteiger partial charge in [0.2, 0.25) is 0 Å². The molecule has 2 rings (SSSR count). The number of carbonyl (C=O) groups is 1. The van der Waals surface area contributed by atoms with Gasteiger partial charge in [-0.05, 0) is 49.8 Å². The number of ether oxygens (including phenoxy) is 1. The van der Waals surface area contributed by atoms with E-state index in [0.717, 1.165) is 37.3 Å². The van der Waals surface area contributed by atoms with Crippen molar-refractivity contribution in [2.45, 2.75) is 26.2 Å². The quantitative estimate of drug-likeness (QED) is 0.876. The lowest BCUT2D eigenvalue weighted by atomic mass is 9.99. The van der Waals surface area contributed by atoms with E-state index in [0.29, 0.717) is 12.5 Å². The van der Waals surface area contributed by atoms with Crippen LogP contribution in [0.25, 0.3) is 0 Å². The van der Waals surface area contributed by atoms with Crippen molar-refractivity contribution in [2.24, 2.45) is 5.92 Å². The van der Waals surface area contributed by atoms with Gasteiger partial charge in [0.25, 0.3) is 0 Å².